The van der Waals surface area contributed by atoms with E-state index in [1.54, 1.807) is 6.20 Å². The average molecular weight is 345 g/mol. The minimum atomic E-state index is -0.287. The summed E-state index contributed by atoms with van der Waals surface area (Å²) in [7, 11) is 3.84. The number of aromatic nitrogens is 2. The molecule has 0 bridgehead atoms. The second-order valence-corrected chi connectivity index (χ2v) is 6.40. The number of rotatable bonds is 6. The van der Waals surface area contributed by atoms with Crippen LogP contribution in [0.4, 0.5) is 5.82 Å². The van der Waals surface area contributed by atoms with Crippen LogP contribution in [0.5, 0.6) is 0 Å². The van der Waals surface area contributed by atoms with Crippen molar-refractivity contribution in [3.05, 3.63) is 41.7 Å². The van der Waals surface area contributed by atoms with Crippen LogP contribution in [0, 0.1) is 0 Å². The topological polar surface area (TPSA) is 94.7 Å². The molecule has 1 aliphatic rings. The van der Waals surface area contributed by atoms with Gasteiger partial charge in [0.25, 0.3) is 5.91 Å². The largest absolute Gasteiger partial charge is 0.447 e. The van der Waals surface area contributed by atoms with Crippen molar-refractivity contribution in [3.63, 3.8) is 0 Å². The lowest BCUT2D eigenvalue weighted by Crippen LogP contribution is -2.24. The molecule has 0 aromatic carbocycles. The van der Waals surface area contributed by atoms with Crippen molar-refractivity contribution in [3.8, 4) is 0 Å². The summed E-state index contributed by atoms with van der Waals surface area (Å²) in [4.78, 5) is 24.7. The van der Waals surface area contributed by atoms with E-state index in [0.717, 1.165) is 24.3 Å². The number of carbonyl (C=O) groups excluding carboxylic acids is 1. The number of amides is 1. The van der Waals surface area contributed by atoms with Gasteiger partial charge in [0.15, 0.2) is 5.69 Å². The summed E-state index contributed by atoms with van der Waals surface area (Å²) in [5.41, 5.74) is 1.22. The Labute approximate surface area is 146 Å². The Morgan fingerprint density at radius 3 is 3.08 bits per heavy atom. The molecule has 0 aliphatic carbocycles. The summed E-state index contributed by atoms with van der Waals surface area (Å²) < 4.78 is 5.37. The minimum absolute atomic E-state index is 0.261. The third-order valence-electron chi connectivity index (χ3n) is 4.11. The van der Waals surface area contributed by atoms with Gasteiger partial charge in [0, 0.05) is 39.9 Å². The molecule has 3 heterocycles. The molecule has 0 spiro atoms. The van der Waals surface area contributed by atoms with E-state index in [-0.39, 0.29) is 17.7 Å². The molecular weight excluding hydrogens is 322 g/mol. The normalized spacial score (nSPS) is 17.6. The molecule has 0 saturated carbocycles. The third kappa shape index (κ3) is 4.55. The molecule has 1 atom stereocenters. The van der Waals surface area contributed by atoms with Gasteiger partial charge in [-0.25, -0.2) is 9.97 Å². The van der Waals surface area contributed by atoms with E-state index < -0.39 is 0 Å². The molecule has 1 aliphatic heterocycles. The SMILES string of the molecule is CN(C)c1cc(CNC(=O)c2coc(CN3CC[C@H](O)C3)n2)ccn1. The number of β-amino-alcohol motifs (C(OH)–C–C–N with tert-alkyl or cyclic N) is 1. The molecule has 2 aromatic heterocycles. The number of hydrogen-bond donors (Lipinski definition) is 2. The van der Waals surface area contributed by atoms with Gasteiger partial charge in [-0.2, -0.15) is 0 Å². The maximum absolute atomic E-state index is 12.2. The Kier molecular flexibility index (Phi) is 5.30. The lowest BCUT2D eigenvalue weighted by Gasteiger charge is -2.12. The summed E-state index contributed by atoms with van der Waals surface area (Å²) in [6.45, 7) is 2.31. The number of aliphatic hydroxyl groups is 1. The summed E-state index contributed by atoms with van der Waals surface area (Å²) in [5, 5.41) is 12.4. The highest BCUT2D eigenvalue weighted by atomic mass is 16.3. The third-order valence-corrected chi connectivity index (χ3v) is 4.11. The van der Waals surface area contributed by atoms with E-state index in [1.165, 1.54) is 6.26 Å². The monoisotopic (exact) mass is 345 g/mol. The van der Waals surface area contributed by atoms with Gasteiger partial charge in [0.05, 0.1) is 12.6 Å². The van der Waals surface area contributed by atoms with Crippen LogP contribution in [0.3, 0.4) is 0 Å². The van der Waals surface area contributed by atoms with E-state index in [4.69, 9.17) is 4.42 Å². The summed E-state index contributed by atoms with van der Waals surface area (Å²) in [6, 6.07) is 3.79. The molecule has 1 saturated heterocycles. The summed E-state index contributed by atoms with van der Waals surface area (Å²) >= 11 is 0. The standard InChI is InChI=1S/C17H23N5O3/c1-21(2)15-7-12(3-5-18-15)8-19-17(24)14-11-25-16(20-14)10-22-6-4-13(23)9-22/h3,5,7,11,13,23H,4,6,8-10H2,1-2H3,(H,19,24)/t13-/m0/s1. The Morgan fingerprint density at radius 2 is 2.36 bits per heavy atom. The number of nitrogens with one attached hydrogen (secondary N) is 1. The molecule has 0 radical (unpaired) electrons. The van der Waals surface area contributed by atoms with Gasteiger partial charge in [-0.05, 0) is 24.1 Å². The minimum Gasteiger partial charge on any atom is -0.447 e. The van der Waals surface area contributed by atoms with Crippen molar-refractivity contribution in [2.24, 2.45) is 0 Å². The first kappa shape index (κ1) is 17.4. The maximum Gasteiger partial charge on any atom is 0.273 e. The average Bonchev–Trinajstić information content (AvgIpc) is 3.22. The van der Waals surface area contributed by atoms with Gasteiger partial charge in [-0.1, -0.05) is 0 Å². The Balaban J connectivity index is 1.54. The fourth-order valence-corrected chi connectivity index (χ4v) is 2.72. The number of pyridine rings is 1. The zero-order valence-electron chi connectivity index (χ0n) is 14.5. The zero-order valence-corrected chi connectivity index (χ0v) is 14.5. The first-order valence-corrected chi connectivity index (χ1v) is 8.26. The molecule has 2 N–H and O–H groups in total. The van der Waals surface area contributed by atoms with E-state index in [1.807, 2.05) is 31.1 Å². The van der Waals surface area contributed by atoms with Gasteiger partial charge >= 0.3 is 0 Å². The van der Waals surface area contributed by atoms with E-state index in [2.05, 4.69) is 20.2 Å². The quantitative estimate of drug-likeness (QED) is 0.793. The van der Waals surface area contributed by atoms with Gasteiger partial charge < -0.3 is 19.7 Å². The highest BCUT2D eigenvalue weighted by molar-refractivity contribution is 5.91. The number of nitrogens with zero attached hydrogens (tertiary/aromatic N) is 4. The second-order valence-electron chi connectivity index (χ2n) is 6.40. The van der Waals surface area contributed by atoms with Crippen LogP contribution in [-0.4, -0.2) is 59.2 Å². The van der Waals surface area contributed by atoms with Crippen molar-refractivity contribution >= 4 is 11.7 Å². The van der Waals surface area contributed by atoms with Gasteiger partial charge in [0.1, 0.15) is 12.1 Å². The number of aliphatic hydroxyl groups excluding tert-OH is 1. The van der Waals surface area contributed by atoms with E-state index in [0.29, 0.717) is 25.5 Å². The molecule has 3 rings (SSSR count). The molecule has 8 nitrogen and oxygen atoms in total. The number of carbonyl (C=O) groups is 1. The molecular formula is C17H23N5O3. The van der Waals surface area contributed by atoms with Crippen LogP contribution in [0.25, 0.3) is 0 Å². The van der Waals surface area contributed by atoms with Crippen LogP contribution in [-0.2, 0) is 13.1 Å². The van der Waals surface area contributed by atoms with Crippen molar-refractivity contribution in [2.45, 2.75) is 25.6 Å². The summed E-state index contributed by atoms with van der Waals surface area (Å²) in [5.74, 6) is 1.04. The van der Waals surface area contributed by atoms with Crippen LogP contribution in [0.2, 0.25) is 0 Å². The smallest absolute Gasteiger partial charge is 0.273 e. The highest BCUT2D eigenvalue weighted by Crippen LogP contribution is 2.13. The molecule has 2 aromatic rings. The van der Waals surface area contributed by atoms with E-state index >= 15 is 0 Å². The molecule has 25 heavy (non-hydrogen) atoms. The Morgan fingerprint density at radius 1 is 1.52 bits per heavy atom. The van der Waals surface area contributed by atoms with Gasteiger partial charge in [-0.15, -0.1) is 0 Å². The Bertz CT molecular complexity index is 731. The fourth-order valence-electron chi connectivity index (χ4n) is 2.72. The predicted octanol–water partition coefficient (Wildman–Crippen LogP) is 0.632. The number of likely N-dealkylation sites (tertiary alicyclic amines) is 1. The van der Waals surface area contributed by atoms with Crippen LogP contribution >= 0.6 is 0 Å². The molecule has 8 heteroatoms. The highest BCUT2D eigenvalue weighted by Gasteiger charge is 2.22. The maximum atomic E-state index is 12.2. The summed E-state index contributed by atoms with van der Waals surface area (Å²) in [6.07, 6.45) is 3.56. The number of hydrogen-bond acceptors (Lipinski definition) is 7. The zero-order chi connectivity index (χ0) is 17.8. The first-order valence-electron chi connectivity index (χ1n) is 8.26. The van der Waals surface area contributed by atoms with Crippen molar-refractivity contribution < 1.29 is 14.3 Å². The van der Waals surface area contributed by atoms with E-state index in [9.17, 15) is 9.90 Å². The lowest BCUT2D eigenvalue weighted by molar-refractivity contribution is 0.0945. The van der Waals surface area contributed by atoms with Crippen LogP contribution in [0.15, 0.2) is 29.0 Å². The fraction of sp³-hybridized carbons (Fsp3) is 0.471. The molecule has 1 amide bonds. The van der Waals surface area contributed by atoms with Crippen molar-refractivity contribution in [2.75, 3.05) is 32.1 Å². The van der Waals surface area contributed by atoms with Crippen LogP contribution < -0.4 is 10.2 Å². The van der Waals surface area contributed by atoms with Gasteiger partial charge in [0.2, 0.25) is 5.89 Å². The molecule has 0 unspecified atom stereocenters. The predicted molar refractivity (Wildman–Crippen MR) is 92.1 cm³/mol. The van der Waals surface area contributed by atoms with Crippen molar-refractivity contribution in [1.29, 1.82) is 0 Å². The molecule has 134 valence electrons. The lowest BCUT2D eigenvalue weighted by atomic mass is 10.2. The first-order chi connectivity index (χ1) is 12.0. The molecule has 1 fully saturated rings. The van der Waals surface area contributed by atoms with Crippen molar-refractivity contribution in [1.82, 2.24) is 20.2 Å². The van der Waals surface area contributed by atoms with Gasteiger partial charge in [-0.3, -0.25) is 9.69 Å². The van der Waals surface area contributed by atoms with Crippen LogP contribution in [0.1, 0.15) is 28.4 Å². The Hall–Kier alpha value is -2.45. The number of oxazole rings is 1. The number of anilines is 1. The second kappa shape index (κ2) is 7.62.